The van der Waals surface area contributed by atoms with Gasteiger partial charge in [-0.05, 0) is 19.4 Å². The number of carbonyl (C=O) groups excluding carboxylic acids is 1. The van der Waals surface area contributed by atoms with Crippen molar-refractivity contribution >= 4 is 6.09 Å². The van der Waals surface area contributed by atoms with Crippen LogP contribution in [0.2, 0.25) is 0 Å². The number of aryl methyl sites for hydroxylation is 2. The van der Waals surface area contributed by atoms with Gasteiger partial charge < -0.3 is 19.1 Å². The highest BCUT2D eigenvalue weighted by molar-refractivity contribution is 5.69. The molecule has 1 aromatic carbocycles. The van der Waals surface area contributed by atoms with Gasteiger partial charge >= 0.3 is 6.09 Å². The molecule has 3 heterocycles. The molecule has 1 amide bonds. The first kappa shape index (κ1) is 18.0. The molecule has 0 radical (unpaired) electrons. The van der Waals surface area contributed by atoms with Crippen LogP contribution in [0, 0.1) is 13.8 Å². The van der Waals surface area contributed by atoms with Crippen LogP contribution in [0.15, 0.2) is 34.9 Å². The summed E-state index contributed by atoms with van der Waals surface area (Å²) in [4.78, 5) is 14.5. The number of aliphatic hydroxyl groups is 1. The van der Waals surface area contributed by atoms with Crippen LogP contribution in [-0.4, -0.2) is 46.6 Å². The van der Waals surface area contributed by atoms with Gasteiger partial charge in [-0.2, -0.15) is 0 Å². The molecular weight excluding hydrogens is 348 g/mol. The van der Waals surface area contributed by atoms with E-state index in [4.69, 9.17) is 14.0 Å². The van der Waals surface area contributed by atoms with Crippen molar-refractivity contribution in [3.05, 3.63) is 52.9 Å². The van der Waals surface area contributed by atoms with E-state index in [2.05, 4.69) is 5.16 Å². The smallest absolute Gasteiger partial charge is 0.410 e. The Morgan fingerprint density at radius 1 is 1.26 bits per heavy atom. The van der Waals surface area contributed by atoms with E-state index in [1.165, 1.54) is 0 Å². The van der Waals surface area contributed by atoms with Crippen molar-refractivity contribution < 1.29 is 23.9 Å². The van der Waals surface area contributed by atoms with Crippen molar-refractivity contribution in [1.82, 2.24) is 10.1 Å². The summed E-state index contributed by atoms with van der Waals surface area (Å²) in [5.41, 5.74) is 1.28. The molecule has 1 N–H and O–H groups in total. The Balaban J connectivity index is 1.51. The molecule has 4 rings (SSSR count). The number of rotatable bonds is 3. The molecule has 2 aromatic rings. The molecule has 0 saturated carbocycles. The lowest BCUT2D eigenvalue weighted by molar-refractivity contribution is -0.137. The number of piperidine rings is 1. The van der Waals surface area contributed by atoms with Gasteiger partial charge in [0.05, 0.1) is 36.6 Å². The Kier molecular flexibility index (Phi) is 4.65. The Morgan fingerprint density at radius 3 is 2.52 bits per heavy atom. The number of aromatic nitrogens is 1. The fraction of sp³-hybridized carbons (Fsp3) is 0.500. The first-order valence-electron chi connectivity index (χ1n) is 9.20. The predicted octanol–water partition coefficient (Wildman–Crippen LogP) is 2.68. The monoisotopic (exact) mass is 372 g/mol. The number of morpholine rings is 1. The summed E-state index contributed by atoms with van der Waals surface area (Å²) < 4.78 is 16.4. The average molecular weight is 372 g/mol. The Hall–Kier alpha value is -2.38. The van der Waals surface area contributed by atoms with E-state index in [0.717, 1.165) is 11.1 Å². The van der Waals surface area contributed by atoms with Crippen molar-refractivity contribution in [2.45, 2.75) is 51.0 Å². The second-order valence-corrected chi connectivity index (χ2v) is 7.43. The lowest BCUT2D eigenvalue weighted by atomic mass is 9.76. The zero-order chi connectivity index (χ0) is 19.0. The molecule has 2 aliphatic heterocycles. The summed E-state index contributed by atoms with van der Waals surface area (Å²) in [5, 5.41) is 15.3. The molecule has 7 heteroatoms. The van der Waals surface area contributed by atoms with E-state index in [1.807, 2.05) is 37.3 Å². The average Bonchev–Trinajstić information content (AvgIpc) is 2.99. The molecule has 0 spiro atoms. The van der Waals surface area contributed by atoms with Gasteiger partial charge in [-0.1, -0.05) is 35.5 Å². The maximum atomic E-state index is 12.8. The molecule has 2 atom stereocenters. The van der Waals surface area contributed by atoms with Crippen LogP contribution >= 0.6 is 0 Å². The minimum atomic E-state index is -1.08. The zero-order valence-electron chi connectivity index (χ0n) is 15.6. The highest BCUT2D eigenvalue weighted by atomic mass is 16.6. The minimum Gasteiger partial charge on any atom is -0.445 e. The summed E-state index contributed by atoms with van der Waals surface area (Å²) in [6.45, 7) is 4.62. The number of nitrogens with zero attached hydrogens (tertiary/aromatic N) is 2. The number of ether oxygens (including phenoxy) is 2. The quantitative estimate of drug-likeness (QED) is 0.892. The molecule has 2 aliphatic rings. The van der Waals surface area contributed by atoms with Gasteiger partial charge in [0, 0.05) is 18.4 Å². The van der Waals surface area contributed by atoms with E-state index in [1.54, 1.807) is 11.8 Å². The Bertz CT molecular complexity index is 786. The summed E-state index contributed by atoms with van der Waals surface area (Å²) in [6, 6.07) is 9.09. The van der Waals surface area contributed by atoms with Crippen molar-refractivity contribution in [2.75, 3.05) is 13.2 Å². The third kappa shape index (κ3) is 3.33. The van der Waals surface area contributed by atoms with Crippen LogP contribution in [0.1, 0.15) is 35.4 Å². The molecule has 2 unspecified atom stereocenters. The van der Waals surface area contributed by atoms with Crippen LogP contribution in [0.3, 0.4) is 0 Å². The molecule has 2 fully saturated rings. The summed E-state index contributed by atoms with van der Waals surface area (Å²) >= 11 is 0. The first-order chi connectivity index (χ1) is 13.0. The predicted molar refractivity (Wildman–Crippen MR) is 96.0 cm³/mol. The summed E-state index contributed by atoms with van der Waals surface area (Å²) in [7, 11) is 0. The maximum Gasteiger partial charge on any atom is 0.410 e. The van der Waals surface area contributed by atoms with E-state index in [9.17, 15) is 9.90 Å². The van der Waals surface area contributed by atoms with E-state index < -0.39 is 5.60 Å². The van der Waals surface area contributed by atoms with Gasteiger partial charge in [0.15, 0.2) is 0 Å². The molecular formula is C20H24N2O5. The van der Waals surface area contributed by atoms with E-state index in [0.29, 0.717) is 37.5 Å². The van der Waals surface area contributed by atoms with Crippen molar-refractivity contribution in [3.63, 3.8) is 0 Å². The van der Waals surface area contributed by atoms with E-state index >= 15 is 0 Å². The highest BCUT2D eigenvalue weighted by Gasteiger charge is 2.51. The second-order valence-electron chi connectivity index (χ2n) is 7.43. The van der Waals surface area contributed by atoms with Crippen molar-refractivity contribution in [1.29, 1.82) is 0 Å². The fourth-order valence-electron chi connectivity index (χ4n) is 4.42. The van der Waals surface area contributed by atoms with Gasteiger partial charge in [0.2, 0.25) is 0 Å². The van der Waals surface area contributed by atoms with Crippen molar-refractivity contribution in [2.24, 2.45) is 0 Å². The minimum absolute atomic E-state index is 0.227. The summed E-state index contributed by atoms with van der Waals surface area (Å²) in [6.07, 6.45) is 0.373. The number of benzene rings is 1. The van der Waals surface area contributed by atoms with Gasteiger partial charge in [-0.3, -0.25) is 4.90 Å². The number of fused-ring (bicyclic) bond motifs is 2. The van der Waals surface area contributed by atoms with Crippen LogP contribution in [0.25, 0.3) is 0 Å². The topological polar surface area (TPSA) is 85.0 Å². The SMILES string of the molecule is Cc1noc(C)c1C1(O)CC2COCC(C1)N2C(=O)OCc1ccccc1. The summed E-state index contributed by atoms with van der Waals surface area (Å²) in [5.74, 6) is 0.620. The van der Waals surface area contributed by atoms with Gasteiger partial charge in [0.25, 0.3) is 0 Å². The first-order valence-corrected chi connectivity index (χ1v) is 9.20. The Labute approximate surface area is 157 Å². The van der Waals surface area contributed by atoms with Gasteiger partial charge in [-0.15, -0.1) is 0 Å². The van der Waals surface area contributed by atoms with Crippen LogP contribution in [-0.2, 0) is 21.7 Å². The molecule has 0 aliphatic carbocycles. The molecule has 27 heavy (non-hydrogen) atoms. The number of hydrogen-bond donors (Lipinski definition) is 1. The molecule has 144 valence electrons. The standard InChI is InChI=1S/C20H24N2O5/c1-13-18(14(2)27-21-13)20(24)8-16-11-25-12-17(9-20)22(16)19(23)26-10-15-6-4-3-5-7-15/h3-7,16-17,24H,8-12H2,1-2H3. The Morgan fingerprint density at radius 2 is 1.93 bits per heavy atom. The molecule has 2 saturated heterocycles. The normalized spacial score (nSPS) is 27.4. The lowest BCUT2D eigenvalue weighted by Crippen LogP contribution is -2.62. The van der Waals surface area contributed by atoms with E-state index in [-0.39, 0.29) is 24.8 Å². The van der Waals surface area contributed by atoms with Gasteiger partial charge in [0.1, 0.15) is 12.4 Å². The number of hydrogen-bond acceptors (Lipinski definition) is 6. The molecule has 1 aromatic heterocycles. The maximum absolute atomic E-state index is 12.8. The third-order valence-corrected chi connectivity index (χ3v) is 5.47. The molecule has 2 bridgehead atoms. The van der Waals surface area contributed by atoms with Gasteiger partial charge in [-0.25, -0.2) is 4.79 Å². The van der Waals surface area contributed by atoms with Crippen LogP contribution in [0.5, 0.6) is 0 Å². The van der Waals surface area contributed by atoms with Crippen LogP contribution in [0.4, 0.5) is 4.79 Å². The zero-order valence-corrected chi connectivity index (χ0v) is 15.6. The highest BCUT2D eigenvalue weighted by Crippen LogP contribution is 2.43. The van der Waals surface area contributed by atoms with Crippen LogP contribution < -0.4 is 0 Å². The fourth-order valence-corrected chi connectivity index (χ4v) is 4.42. The number of carbonyl (C=O) groups is 1. The number of amides is 1. The largest absolute Gasteiger partial charge is 0.445 e. The van der Waals surface area contributed by atoms with Crippen molar-refractivity contribution in [3.8, 4) is 0 Å². The third-order valence-electron chi connectivity index (χ3n) is 5.47. The lowest BCUT2D eigenvalue weighted by Gasteiger charge is -2.50. The molecule has 7 nitrogen and oxygen atoms in total. The second kappa shape index (κ2) is 6.98.